The molecule has 19 heavy (non-hydrogen) atoms. The second-order valence-electron chi connectivity index (χ2n) is 4.66. The number of benzene rings is 1. The molecule has 1 aliphatic rings. The van der Waals surface area contributed by atoms with Crippen LogP contribution in [0, 0.1) is 17.1 Å². The van der Waals surface area contributed by atoms with Crippen molar-refractivity contribution in [3.05, 3.63) is 35.1 Å². The van der Waals surface area contributed by atoms with Crippen molar-refractivity contribution in [1.29, 1.82) is 5.26 Å². The lowest BCUT2D eigenvalue weighted by Gasteiger charge is -2.15. The van der Waals surface area contributed by atoms with Crippen molar-refractivity contribution in [2.75, 3.05) is 27.3 Å². The molecule has 0 spiro atoms. The minimum atomic E-state index is -0.339. The predicted molar refractivity (Wildman–Crippen MR) is 68.0 cm³/mol. The second-order valence-corrected chi connectivity index (χ2v) is 4.66. The molecule has 0 N–H and O–H groups in total. The van der Waals surface area contributed by atoms with E-state index in [1.165, 1.54) is 6.07 Å². The largest absolute Gasteiger partial charge is 0.377 e. The number of halogens is 1. The highest BCUT2D eigenvalue weighted by Gasteiger charge is 2.33. The Bertz CT molecular complexity index is 475. The van der Waals surface area contributed by atoms with E-state index in [1.807, 2.05) is 6.07 Å². The Balaban J connectivity index is 2.05. The average molecular weight is 264 g/mol. The van der Waals surface area contributed by atoms with Gasteiger partial charge in [-0.3, -0.25) is 4.90 Å². The van der Waals surface area contributed by atoms with Crippen molar-refractivity contribution < 1.29 is 13.9 Å². The van der Waals surface area contributed by atoms with Gasteiger partial charge in [-0.15, -0.1) is 0 Å². The first-order chi connectivity index (χ1) is 9.17. The summed E-state index contributed by atoms with van der Waals surface area (Å²) < 4.78 is 24.5. The molecule has 0 aliphatic carbocycles. The number of nitrogens with zero attached hydrogens (tertiary/aromatic N) is 2. The number of hydrogen-bond donors (Lipinski definition) is 0. The molecule has 1 saturated heterocycles. The van der Waals surface area contributed by atoms with Gasteiger partial charge in [0.15, 0.2) is 0 Å². The van der Waals surface area contributed by atoms with Crippen molar-refractivity contribution >= 4 is 0 Å². The number of methoxy groups -OCH3 is 2. The molecule has 2 atom stereocenters. The summed E-state index contributed by atoms with van der Waals surface area (Å²) in [5, 5.41) is 8.71. The quantitative estimate of drug-likeness (QED) is 0.827. The van der Waals surface area contributed by atoms with Gasteiger partial charge in [0.05, 0.1) is 23.8 Å². The fraction of sp³-hybridized carbons (Fsp3) is 0.500. The van der Waals surface area contributed by atoms with Crippen molar-refractivity contribution in [2.24, 2.45) is 0 Å². The first-order valence-electron chi connectivity index (χ1n) is 6.14. The van der Waals surface area contributed by atoms with Crippen LogP contribution < -0.4 is 0 Å². The average Bonchev–Trinajstić information content (AvgIpc) is 2.83. The highest BCUT2D eigenvalue weighted by Crippen LogP contribution is 2.20. The third kappa shape index (κ3) is 3.10. The van der Waals surface area contributed by atoms with Crippen molar-refractivity contribution in [2.45, 2.75) is 18.8 Å². The highest BCUT2D eigenvalue weighted by atomic mass is 19.1. The Kier molecular flexibility index (Phi) is 4.48. The molecular weight excluding hydrogens is 247 g/mol. The zero-order valence-electron chi connectivity index (χ0n) is 11.1. The molecule has 102 valence electrons. The van der Waals surface area contributed by atoms with Gasteiger partial charge >= 0.3 is 0 Å². The van der Waals surface area contributed by atoms with E-state index in [4.69, 9.17) is 14.7 Å². The lowest BCUT2D eigenvalue weighted by Crippen LogP contribution is -2.27. The molecule has 1 aromatic rings. The third-order valence-electron chi connectivity index (χ3n) is 3.47. The zero-order chi connectivity index (χ0) is 13.8. The molecule has 1 heterocycles. The third-order valence-corrected chi connectivity index (χ3v) is 3.47. The molecule has 2 unspecified atom stereocenters. The SMILES string of the molecule is COC1CN(Cc2ccc(C#N)cc2F)CC1OC. The standard InChI is InChI=1S/C14H17FN2O2/c1-18-13-8-17(9-14(13)19-2)7-11-4-3-10(6-16)5-12(11)15/h3-5,13-14H,7-9H2,1-2H3. The van der Waals surface area contributed by atoms with Crippen molar-refractivity contribution in [1.82, 2.24) is 4.90 Å². The predicted octanol–water partition coefficient (Wildman–Crippen LogP) is 1.54. The highest BCUT2D eigenvalue weighted by molar-refractivity contribution is 5.32. The molecule has 2 rings (SSSR count). The Labute approximate surface area is 112 Å². The first-order valence-corrected chi connectivity index (χ1v) is 6.14. The maximum Gasteiger partial charge on any atom is 0.129 e. The zero-order valence-corrected chi connectivity index (χ0v) is 11.1. The Morgan fingerprint density at radius 2 is 1.95 bits per heavy atom. The van der Waals surface area contributed by atoms with E-state index in [9.17, 15) is 4.39 Å². The van der Waals surface area contributed by atoms with E-state index in [-0.39, 0.29) is 18.0 Å². The number of rotatable bonds is 4. The van der Waals surface area contributed by atoms with Gasteiger partial charge in [0.25, 0.3) is 0 Å². The summed E-state index contributed by atoms with van der Waals surface area (Å²) in [5.74, 6) is -0.339. The van der Waals surface area contributed by atoms with Gasteiger partial charge in [-0.1, -0.05) is 6.07 Å². The molecule has 0 bridgehead atoms. The van der Waals surface area contributed by atoms with Crippen LogP contribution in [-0.4, -0.2) is 44.4 Å². The summed E-state index contributed by atoms with van der Waals surface area (Å²) in [5.41, 5.74) is 0.929. The Hall–Kier alpha value is -1.48. The lowest BCUT2D eigenvalue weighted by atomic mass is 10.1. The van der Waals surface area contributed by atoms with Crippen LogP contribution in [0.15, 0.2) is 18.2 Å². The van der Waals surface area contributed by atoms with Crippen LogP contribution in [0.3, 0.4) is 0 Å². The fourth-order valence-electron chi connectivity index (χ4n) is 2.39. The Morgan fingerprint density at radius 1 is 1.32 bits per heavy atom. The normalized spacial score (nSPS) is 23.5. The lowest BCUT2D eigenvalue weighted by molar-refractivity contribution is -0.00461. The van der Waals surface area contributed by atoms with Gasteiger partial charge in [0.1, 0.15) is 5.82 Å². The number of hydrogen-bond acceptors (Lipinski definition) is 4. The van der Waals surface area contributed by atoms with E-state index in [0.29, 0.717) is 30.8 Å². The van der Waals surface area contributed by atoms with Crippen LogP contribution in [0.2, 0.25) is 0 Å². The minimum Gasteiger partial charge on any atom is -0.377 e. The summed E-state index contributed by atoms with van der Waals surface area (Å²) in [6, 6.07) is 6.50. The van der Waals surface area contributed by atoms with Crippen molar-refractivity contribution in [3.8, 4) is 6.07 Å². The maximum absolute atomic E-state index is 13.8. The second kappa shape index (κ2) is 6.11. The summed E-state index contributed by atoms with van der Waals surface area (Å²) >= 11 is 0. The topological polar surface area (TPSA) is 45.5 Å². The van der Waals surface area contributed by atoms with Crippen LogP contribution in [0.25, 0.3) is 0 Å². The van der Waals surface area contributed by atoms with Crippen LogP contribution in [-0.2, 0) is 16.0 Å². The van der Waals surface area contributed by atoms with Crippen LogP contribution >= 0.6 is 0 Å². The molecule has 0 radical (unpaired) electrons. The van der Waals surface area contributed by atoms with Gasteiger partial charge in [-0.25, -0.2) is 4.39 Å². The summed E-state index contributed by atoms with van der Waals surface area (Å²) in [6.45, 7) is 1.93. The summed E-state index contributed by atoms with van der Waals surface area (Å²) in [7, 11) is 3.31. The fourth-order valence-corrected chi connectivity index (χ4v) is 2.39. The molecule has 1 aromatic carbocycles. The molecule has 0 saturated carbocycles. The molecule has 1 aliphatic heterocycles. The van der Waals surface area contributed by atoms with Gasteiger partial charge < -0.3 is 9.47 Å². The molecule has 5 heteroatoms. The van der Waals surface area contributed by atoms with Crippen LogP contribution in [0.5, 0.6) is 0 Å². The first kappa shape index (κ1) is 13.9. The monoisotopic (exact) mass is 264 g/mol. The summed E-state index contributed by atoms with van der Waals surface area (Å²) in [4.78, 5) is 2.09. The number of likely N-dealkylation sites (tertiary alicyclic amines) is 1. The van der Waals surface area contributed by atoms with E-state index in [0.717, 1.165) is 0 Å². The van der Waals surface area contributed by atoms with Crippen molar-refractivity contribution in [3.63, 3.8) is 0 Å². The smallest absolute Gasteiger partial charge is 0.129 e. The molecule has 4 nitrogen and oxygen atoms in total. The number of ether oxygens (including phenoxy) is 2. The van der Waals surface area contributed by atoms with Gasteiger partial charge in [-0.2, -0.15) is 5.26 Å². The summed E-state index contributed by atoms with van der Waals surface area (Å²) in [6.07, 6.45) is 0.0397. The van der Waals surface area contributed by atoms with Crippen LogP contribution in [0.4, 0.5) is 4.39 Å². The maximum atomic E-state index is 13.8. The van der Waals surface area contributed by atoms with E-state index in [2.05, 4.69) is 4.90 Å². The molecule has 0 amide bonds. The van der Waals surface area contributed by atoms with E-state index in [1.54, 1.807) is 26.4 Å². The van der Waals surface area contributed by atoms with E-state index >= 15 is 0 Å². The van der Waals surface area contributed by atoms with Crippen LogP contribution in [0.1, 0.15) is 11.1 Å². The molecule has 0 aromatic heterocycles. The van der Waals surface area contributed by atoms with E-state index < -0.39 is 0 Å². The molecule has 1 fully saturated rings. The van der Waals surface area contributed by atoms with Gasteiger partial charge in [0.2, 0.25) is 0 Å². The Morgan fingerprint density at radius 3 is 2.42 bits per heavy atom. The molecular formula is C14H17FN2O2. The number of nitriles is 1. The van der Waals surface area contributed by atoms with Gasteiger partial charge in [-0.05, 0) is 12.1 Å². The van der Waals surface area contributed by atoms with Gasteiger partial charge in [0, 0.05) is 39.4 Å². The minimum absolute atomic E-state index is 0.0199.